The average Bonchev–Trinajstić information content (AvgIpc) is 2.99. The first-order chi connectivity index (χ1) is 12.4. The molecule has 1 aliphatic rings. The standard InChI is InChI=1S/C17H16N4O4S/c18-11-14-10-16(21(22)23)5-6-17(14)19-12-13-3-1-4-15(9-13)20-7-2-8-26(20,24)25/h1,3-6,9-10,19H,2,7-8,12H2. The summed E-state index contributed by atoms with van der Waals surface area (Å²) in [6, 6.07) is 13.1. The summed E-state index contributed by atoms with van der Waals surface area (Å²) in [6.07, 6.45) is 0.610. The minimum absolute atomic E-state index is 0.145. The maximum Gasteiger partial charge on any atom is 0.270 e. The molecule has 9 heteroatoms. The van der Waals surface area contributed by atoms with Crippen molar-refractivity contribution in [2.45, 2.75) is 13.0 Å². The lowest BCUT2D eigenvalue weighted by atomic mass is 10.1. The van der Waals surface area contributed by atoms with Gasteiger partial charge in [-0.2, -0.15) is 5.26 Å². The minimum Gasteiger partial charge on any atom is -0.380 e. The third-order valence-corrected chi connectivity index (χ3v) is 5.98. The van der Waals surface area contributed by atoms with Gasteiger partial charge >= 0.3 is 0 Å². The van der Waals surface area contributed by atoms with Crippen LogP contribution in [0.5, 0.6) is 0 Å². The van der Waals surface area contributed by atoms with Gasteiger partial charge in [0, 0.05) is 25.2 Å². The van der Waals surface area contributed by atoms with Gasteiger partial charge in [-0.25, -0.2) is 8.42 Å². The van der Waals surface area contributed by atoms with Crippen LogP contribution in [0.3, 0.4) is 0 Å². The molecule has 0 saturated carbocycles. The Morgan fingerprint density at radius 3 is 2.73 bits per heavy atom. The van der Waals surface area contributed by atoms with Crippen molar-refractivity contribution in [1.82, 2.24) is 0 Å². The molecule has 0 radical (unpaired) electrons. The number of hydrogen-bond donors (Lipinski definition) is 1. The summed E-state index contributed by atoms with van der Waals surface area (Å²) < 4.78 is 25.5. The summed E-state index contributed by atoms with van der Waals surface area (Å²) in [7, 11) is -3.24. The third-order valence-electron chi connectivity index (χ3n) is 4.12. The Balaban J connectivity index is 1.78. The molecule has 0 unspecified atom stereocenters. The summed E-state index contributed by atoms with van der Waals surface area (Å²) in [5.41, 5.74) is 1.97. The van der Waals surface area contributed by atoms with Crippen LogP contribution in [-0.2, 0) is 16.6 Å². The first-order valence-corrected chi connectivity index (χ1v) is 9.53. The Labute approximate surface area is 150 Å². The molecular formula is C17H16N4O4S. The molecule has 2 aromatic rings. The zero-order valence-electron chi connectivity index (χ0n) is 13.8. The molecule has 1 saturated heterocycles. The smallest absolute Gasteiger partial charge is 0.270 e. The van der Waals surface area contributed by atoms with Crippen molar-refractivity contribution in [2.75, 3.05) is 21.9 Å². The summed E-state index contributed by atoms with van der Waals surface area (Å²) in [5, 5.41) is 23.1. The molecule has 0 aromatic heterocycles. The number of sulfonamides is 1. The summed E-state index contributed by atoms with van der Waals surface area (Å²) in [4.78, 5) is 10.2. The number of nitro groups is 1. The van der Waals surface area contributed by atoms with E-state index in [0.717, 1.165) is 5.56 Å². The average molecular weight is 372 g/mol. The Morgan fingerprint density at radius 2 is 2.08 bits per heavy atom. The highest BCUT2D eigenvalue weighted by Crippen LogP contribution is 2.26. The highest BCUT2D eigenvalue weighted by molar-refractivity contribution is 7.93. The van der Waals surface area contributed by atoms with Crippen LogP contribution in [0.4, 0.5) is 17.1 Å². The normalized spacial score (nSPS) is 15.4. The Kier molecular flexibility index (Phi) is 4.77. The Hall–Kier alpha value is -3.12. The number of nitro benzene ring substituents is 1. The summed E-state index contributed by atoms with van der Waals surface area (Å²) in [5.74, 6) is 0.157. The van der Waals surface area contributed by atoms with Gasteiger partial charge in [-0.15, -0.1) is 0 Å². The largest absolute Gasteiger partial charge is 0.380 e. The lowest BCUT2D eigenvalue weighted by Crippen LogP contribution is -2.25. The summed E-state index contributed by atoms with van der Waals surface area (Å²) >= 11 is 0. The topological polar surface area (TPSA) is 116 Å². The number of nitriles is 1. The molecule has 0 bridgehead atoms. The number of hydrogen-bond acceptors (Lipinski definition) is 6. The van der Waals surface area contributed by atoms with Crippen molar-refractivity contribution >= 4 is 27.1 Å². The number of nitrogens with zero attached hydrogens (tertiary/aromatic N) is 3. The molecule has 26 heavy (non-hydrogen) atoms. The third kappa shape index (κ3) is 3.60. The zero-order valence-corrected chi connectivity index (χ0v) is 14.6. The summed E-state index contributed by atoms with van der Waals surface area (Å²) in [6.45, 7) is 0.828. The second-order valence-corrected chi connectivity index (χ2v) is 7.88. The minimum atomic E-state index is -3.24. The number of nitrogens with one attached hydrogen (secondary N) is 1. The molecule has 1 N–H and O–H groups in total. The van der Waals surface area contributed by atoms with E-state index in [9.17, 15) is 23.8 Å². The molecule has 134 valence electrons. The van der Waals surface area contributed by atoms with E-state index in [2.05, 4.69) is 5.32 Å². The van der Waals surface area contributed by atoms with Gasteiger partial charge in [0.25, 0.3) is 5.69 Å². The van der Waals surface area contributed by atoms with Crippen molar-refractivity contribution in [3.63, 3.8) is 0 Å². The molecule has 1 fully saturated rings. The van der Waals surface area contributed by atoms with Crippen LogP contribution in [0, 0.1) is 21.4 Å². The molecule has 1 heterocycles. The van der Waals surface area contributed by atoms with E-state index in [-0.39, 0.29) is 17.0 Å². The van der Waals surface area contributed by atoms with Crippen LogP contribution >= 0.6 is 0 Å². The van der Waals surface area contributed by atoms with Gasteiger partial charge in [-0.1, -0.05) is 12.1 Å². The van der Waals surface area contributed by atoms with Crippen LogP contribution < -0.4 is 9.62 Å². The van der Waals surface area contributed by atoms with E-state index in [1.165, 1.54) is 22.5 Å². The van der Waals surface area contributed by atoms with Crippen LogP contribution in [0.1, 0.15) is 17.5 Å². The second-order valence-electron chi connectivity index (χ2n) is 5.86. The predicted molar refractivity (Wildman–Crippen MR) is 97.3 cm³/mol. The lowest BCUT2D eigenvalue weighted by molar-refractivity contribution is -0.384. The Morgan fingerprint density at radius 1 is 1.27 bits per heavy atom. The molecule has 0 spiro atoms. The molecule has 3 rings (SSSR count). The van der Waals surface area contributed by atoms with Gasteiger partial charge in [0.2, 0.25) is 10.0 Å². The van der Waals surface area contributed by atoms with E-state index in [4.69, 9.17) is 0 Å². The molecule has 0 amide bonds. The molecular weight excluding hydrogens is 356 g/mol. The molecule has 2 aromatic carbocycles. The lowest BCUT2D eigenvalue weighted by Gasteiger charge is -2.18. The van der Waals surface area contributed by atoms with E-state index in [0.29, 0.717) is 30.9 Å². The highest BCUT2D eigenvalue weighted by Gasteiger charge is 2.28. The number of rotatable bonds is 5. The number of non-ortho nitro benzene ring substituents is 1. The Bertz CT molecular complexity index is 998. The molecule has 0 aliphatic carbocycles. The fourth-order valence-corrected chi connectivity index (χ4v) is 4.40. The van der Waals surface area contributed by atoms with Crippen LogP contribution in [0.25, 0.3) is 0 Å². The van der Waals surface area contributed by atoms with Gasteiger partial charge in [0.05, 0.1) is 27.6 Å². The first kappa shape index (κ1) is 17.7. The van der Waals surface area contributed by atoms with Crippen molar-refractivity contribution in [2.24, 2.45) is 0 Å². The van der Waals surface area contributed by atoms with E-state index < -0.39 is 14.9 Å². The molecule has 0 atom stereocenters. The van der Waals surface area contributed by atoms with Gasteiger partial charge in [-0.05, 0) is 30.2 Å². The van der Waals surface area contributed by atoms with Gasteiger partial charge in [0.1, 0.15) is 6.07 Å². The highest BCUT2D eigenvalue weighted by atomic mass is 32.2. The fourth-order valence-electron chi connectivity index (χ4n) is 2.84. The van der Waals surface area contributed by atoms with Crippen LogP contribution in [0.2, 0.25) is 0 Å². The van der Waals surface area contributed by atoms with Crippen LogP contribution in [0.15, 0.2) is 42.5 Å². The molecule has 8 nitrogen and oxygen atoms in total. The molecule has 1 aliphatic heterocycles. The fraction of sp³-hybridized carbons (Fsp3) is 0.235. The van der Waals surface area contributed by atoms with Gasteiger partial charge < -0.3 is 5.32 Å². The first-order valence-electron chi connectivity index (χ1n) is 7.92. The van der Waals surface area contributed by atoms with Crippen molar-refractivity contribution < 1.29 is 13.3 Å². The maximum absolute atomic E-state index is 12.0. The predicted octanol–water partition coefficient (Wildman–Crippen LogP) is 2.62. The van der Waals surface area contributed by atoms with Crippen LogP contribution in [-0.4, -0.2) is 25.6 Å². The van der Waals surface area contributed by atoms with Gasteiger partial charge in [-0.3, -0.25) is 14.4 Å². The maximum atomic E-state index is 12.0. The second kappa shape index (κ2) is 7.01. The zero-order chi connectivity index (χ0) is 18.7. The van der Waals surface area contributed by atoms with Crippen molar-refractivity contribution in [3.05, 3.63) is 63.7 Å². The monoisotopic (exact) mass is 372 g/mol. The van der Waals surface area contributed by atoms with E-state index in [1.807, 2.05) is 12.1 Å². The van der Waals surface area contributed by atoms with Gasteiger partial charge in [0.15, 0.2) is 0 Å². The van der Waals surface area contributed by atoms with E-state index in [1.54, 1.807) is 18.2 Å². The van der Waals surface area contributed by atoms with Crippen molar-refractivity contribution in [3.8, 4) is 6.07 Å². The van der Waals surface area contributed by atoms with E-state index >= 15 is 0 Å². The SMILES string of the molecule is N#Cc1cc([N+](=O)[O-])ccc1NCc1cccc(N2CCCS2(=O)=O)c1. The van der Waals surface area contributed by atoms with Crippen molar-refractivity contribution in [1.29, 1.82) is 5.26 Å². The number of anilines is 2. The quantitative estimate of drug-likeness (QED) is 0.637. The number of benzene rings is 2.